The summed E-state index contributed by atoms with van der Waals surface area (Å²) in [6.45, 7) is 12.5. The zero-order chi connectivity index (χ0) is 16.8. The number of rotatable bonds is 8. The van der Waals surface area contributed by atoms with Crippen LogP contribution >= 0.6 is 0 Å². The summed E-state index contributed by atoms with van der Waals surface area (Å²) >= 11 is 0. The monoisotopic (exact) mass is 322 g/mol. The Hall–Kier alpha value is -1.43. The van der Waals surface area contributed by atoms with Crippen LogP contribution in [0.5, 0.6) is 0 Å². The van der Waals surface area contributed by atoms with Gasteiger partial charge in [-0.1, -0.05) is 36.1 Å². The summed E-state index contributed by atoms with van der Waals surface area (Å²) in [6, 6.07) is 7.44. The normalized spacial score (nSPS) is 12.0. The highest BCUT2D eigenvalue weighted by Crippen LogP contribution is 2.13. The van der Waals surface area contributed by atoms with Gasteiger partial charge in [-0.3, -0.25) is 4.89 Å². The van der Waals surface area contributed by atoms with E-state index >= 15 is 0 Å². The van der Waals surface area contributed by atoms with Crippen molar-refractivity contribution >= 4 is 19.2 Å². The first-order valence-corrected chi connectivity index (χ1v) is 10.4. The highest BCUT2D eigenvalue weighted by atomic mass is 28.3. The topological polar surface area (TPSA) is 44.8 Å². The maximum atomic E-state index is 11.9. The van der Waals surface area contributed by atoms with Crippen LogP contribution in [0.2, 0.25) is 13.1 Å². The van der Waals surface area contributed by atoms with Crippen molar-refractivity contribution in [3.63, 3.8) is 0 Å². The van der Waals surface area contributed by atoms with Gasteiger partial charge in [0.1, 0.15) is 8.07 Å². The molecule has 1 aromatic rings. The lowest BCUT2D eigenvalue weighted by atomic mass is 10.1. The molecule has 22 heavy (non-hydrogen) atoms. The largest absolute Gasteiger partial charge is 0.379 e. The first-order valence-electron chi connectivity index (χ1n) is 7.35. The molecule has 0 aliphatic carbocycles. The summed E-state index contributed by atoms with van der Waals surface area (Å²) in [5.41, 5.74) is 2.19. The highest BCUT2D eigenvalue weighted by Gasteiger charge is 2.20. The maximum absolute atomic E-state index is 11.9. The van der Waals surface area contributed by atoms with Crippen LogP contribution in [0, 0.1) is 0 Å². The van der Waals surface area contributed by atoms with Gasteiger partial charge in [0.2, 0.25) is 0 Å². The lowest BCUT2D eigenvalue weighted by Crippen LogP contribution is -2.39. The average Bonchev–Trinajstić information content (AvgIpc) is 2.51. The van der Waals surface area contributed by atoms with Crippen LogP contribution in [0.15, 0.2) is 36.5 Å². The third-order valence-electron chi connectivity index (χ3n) is 3.85. The second-order valence-electron chi connectivity index (χ2n) is 6.41. The van der Waals surface area contributed by atoms with Crippen LogP contribution in [0.3, 0.4) is 0 Å². The van der Waals surface area contributed by atoms with Crippen LogP contribution in [0.25, 0.3) is 0 Å². The van der Waals surface area contributed by atoms with Gasteiger partial charge in [0, 0.05) is 13.5 Å². The van der Waals surface area contributed by atoms with E-state index in [-0.39, 0.29) is 5.60 Å². The Labute approximate surface area is 134 Å². The van der Waals surface area contributed by atoms with E-state index in [1.807, 2.05) is 31.7 Å². The van der Waals surface area contributed by atoms with Crippen molar-refractivity contribution in [2.75, 3.05) is 13.7 Å². The van der Waals surface area contributed by atoms with Gasteiger partial charge in [-0.2, -0.15) is 4.89 Å². The quantitative estimate of drug-likeness (QED) is 0.319. The van der Waals surface area contributed by atoms with Gasteiger partial charge < -0.3 is 4.74 Å². The molecule has 0 saturated heterocycles. The number of carbonyl (C=O) groups is 1. The number of carbonyl (C=O) groups excluding carboxylic acids is 1. The maximum Gasteiger partial charge on any atom is 0.373 e. The molecule has 1 aromatic carbocycles. The van der Waals surface area contributed by atoms with Gasteiger partial charge in [0.15, 0.2) is 0 Å². The minimum absolute atomic E-state index is 0.293. The predicted octanol–water partition coefficient (Wildman–Crippen LogP) is 3.23. The number of benzene rings is 1. The molecule has 0 bridgehead atoms. The molecular formula is C17H26O4Si. The minimum Gasteiger partial charge on any atom is -0.379 e. The lowest BCUT2D eigenvalue weighted by molar-refractivity contribution is -0.247. The molecule has 4 nitrogen and oxygen atoms in total. The fourth-order valence-electron chi connectivity index (χ4n) is 1.69. The molecule has 0 aliphatic rings. The van der Waals surface area contributed by atoms with Gasteiger partial charge in [0.25, 0.3) is 0 Å². The fourth-order valence-corrected chi connectivity index (χ4v) is 2.95. The minimum atomic E-state index is -1.60. The van der Waals surface area contributed by atoms with E-state index in [9.17, 15) is 4.79 Å². The van der Waals surface area contributed by atoms with Crippen molar-refractivity contribution in [2.45, 2.75) is 39.0 Å². The summed E-state index contributed by atoms with van der Waals surface area (Å²) in [5.74, 6) is -0.486. The Morgan fingerprint density at radius 3 is 2.36 bits per heavy atom. The number of hydrogen-bond acceptors (Lipinski definition) is 4. The van der Waals surface area contributed by atoms with E-state index in [0.29, 0.717) is 18.6 Å². The molecule has 0 aliphatic heterocycles. The Balaban J connectivity index is 2.52. The van der Waals surface area contributed by atoms with Crippen molar-refractivity contribution < 1.29 is 19.3 Å². The third kappa shape index (κ3) is 5.40. The van der Waals surface area contributed by atoms with Gasteiger partial charge in [0.05, 0.1) is 17.8 Å². The van der Waals surface area contributed by atoms with Crippen molar-refractivity contribution in [3.05, 3.63) is 42.1 Å². The van der Waals surface area contributed by atoms with Crippen LogP contribution in [-0.2, 0) is 14.5 Å². The fraction of sp³-hybridized carbons (Fsp3) is 0.471. The summed E-state index contributed by atoms with van der Waals surface area (Å²) < 4.78 is 5.26. The van der Waals surface area contributed by atoms with E-state index in [4.69, 9.17) is 14.5 Å². The van der Waals surface area contributed by atoms with E-state index in [1.165, 1.54) is 5.19 Å². The van der Waals surface area contributed by atoms with Crippen LogP contribution < -0.4 is 5.19 Å². The summed E-state index contributed by atoms with van der Waals surface area (Å²) in [6.07, 6.45) is 0.634. The molecule has 0 fully saturated rings. The highest BCUT2D eigenvalue weighted by molar-refractivity contribution is 6.93. The number of ether oxygens (including phenoxy) is 1. The molecule has 0 heterocycles. The molecule has 1 rings (SSSR count). The van der Waals surface area contributed by atoms with Crippen LogP contribution in [0.1, 0.15) is 30.6 Å². The molecule has 5 heteroatoms. The first kappa shape index (κ1) is 18.6. The number of hydrogen-bond donors (Lipinski definition) is 0. The van der Waals surface area contributed by atoms with Crippen molar-refractivity contribution in [1.29, 1.82) is 0 Å². The van der Waals surface area contributed by atoms with E-state index in [0.717, 1.165) is 0 Å². The second kappa shape index (κ2) is 7.72. The molecule has 122 valence electrons. The van der Waals surface area contributed by atoms with Gasteiger partial charge in [-0.25, -0.2) is 4.79 Å². The third-order valence-corrected chi connectivity index (χ3v) is 6.69. The Morgan fingerprint density at radius 1 is 1.27 bits per heavy atom. The summed E-state index contributed by atoms with van der Waals surface area (Å²) in [4.78, 5) is 21.7. The Kier molecular flexibility index (Phi) is 6.53. The van der Waals surface area contributed by atoms with Crippen molar-refractivity contribution in [2.24, 2.45) is 0 Å². The molecule has 0 radical (unpaired) electrons. The van der Waals surface area contributed by atoms with Gasteiger partial charge in [-0.05, 0) is 26.0 Å². The van der Waals surface area contributed by atoms with Gasteiger partial charge >= 0.3 is 5.97 Å². The van der Waals surface area contributed by atoms with E-state index in [2.05, 4.69) is 19.7 Å². The molecule has 0 N–H and O–H groups in total. The average molecular weight is 322 g/mol. The summed E-state index contributed by atoms with van der Waals surface area (Å²) in [7, 11) is 0.0396. The lowest BCUT2D eigenvalue weighted by Gasteiger charge is -2.21. The molecule has 0 spiro atoms. The molecular weight excluding hydrogens is 296 g/mol. The smallest absolute Gasteiger partial charge is 0.373 e. The molecule has 0 unspecified atom stereocenters. The summed E-state index contributed by atoms with van der Waals surface area (Å²) in [5, 5.41) is 1.22. The van der Waals surface area contributed by atoms with E-state index in [1.54, 1.807) is 19.2 Å². The zero-order valence-electron chi connectivity index (χ0n) is 14.1. The second-order valence-corrected chi connectivity index (χ2v) is 10.8. The van der Waals surface area contributed by atoms with Crippen molar-refractivity contribution in [3.8, 4) is 0 Å². The first-order chi connectivity index (χ1) is 10.2. The van der Waals surface area contributed by atoms with Crippen molar-refractivity contribution in [1.82, 2.24) is 0 Å². The Bertz CT molecular complexity index is 506. The predicted molar refractivity (Wildman–Crippen MR) is 90.8 cm³/mol. The van der Waals surface area contributed by atoms with Crippen LogP contribution in [0.4, 0.5) is 0 Å². The zero-order valence-corrected chi connectivity index (χ0v) is 15.1. The van der Waals surface area contributed by atoms with Crippen LogP contribution in [-0.4, -0.2) is 33.4 Å². The van der Waals surface area contributed by atoms with E-state index < -0.39 is 14.0 Å². The standard InChI is InChI=1S/C17H26O4Si/c1-7-22(5,6)15-10-8-14(9-11-15)16(18)21-20-13-12-17(2,3)19-4/h7-11H,1,12-13H2,2-6H3. The number of methoxy groups -OCH3 is 1. The Morgan fingerprint density at radius 2 is 1.86 bits per heavy atom. The van der Waals surface area contributed by atoms with Gasteiger partial charge in [-0.15, -0.1) is 6.58 Å². The SMILES string of the molecule is C=C[Si](C)(C)c1ccc(C(=O)OOCCC(C)(C)OC)cc1. The molecule has 0 atom stereocenters. The molecule has 0 saturated carbocycles. The molecule has 0 aromatic heterocycles. The molecule has 0 amide bonds.